The van der Waals surface area contributed by atoms with Crippen LogP contribution in [0.15, 0.2) is 42.5 Å². The Morgan fingerprint density at radius 1 is 1.00 bits per heavy atom. The average Bonchev–Trinajstić information content (AvgIpc) is 3.54. The van der Waals surface area contributed by atoms with Gasteiger partial charge in [-0.1, -0.05) is 36.4 Å². The van der Waals surface area contributed by atoms with Crippen LogP contribution in [0.3, 0.4) is 0 Å². The first-order valence-electron chi connectivity index (χ1n) is 9.96. The fourth-order valence-electron chi connectivity index (χ4n) is 3.92. The van der Waals surface area contributed by atoms with E-state index in [2.05, 4.69) is 23.1 Å². The van der Waals surface area contributed by atoms with Gasteiger partial charge in [0.2, 0.25) is 11.8 Å². The van der Waals surface area contributed by atoms with Gasteiger partial charge < -0.3 is 9.80 Å². The van der Waals surface area contributed by atoms with Gasteiger partial charge in [0.25, 0.3) is 0 Å². The Morgan fingerprint density at radius 3 is 2.41 bits per heavy atom. The molecule has 142 valence electrons. The molecule has 2 amide bonds. The monoisotopic (exact) mass is 365 g/mol. The first-order chi connectivity index (χ1) is 13.2. The molecule has 2 aromatic carbocycles. The van der Waals surface area contributed by atoms with Gasteiger partial charge in [0, 0.05) is 44.0 Å². The van der Waals surface area contributed by atoms with Crippen LogP contribution in [0.4, 0.5) is 5.69 Å². The van der Waals surface area contributed by atoms with Crippen LogP contribution in [0.1, 0.15) is 19.8 Å². The minimum absolute atomic E-state index is 0.121. The second-order valence-electron chi connectivity index (χ2n) is 7.51. The second kappa shape index (κ2) is 7.69. The van der Waals surface area contributed by atoms with Crippen LogP contribution in [0, 0.1) is 5.92 Å². The molecular weight excluding hydrogens is 338 g/mol. The minimum atomic E-state index is 0.121. The van der Waals surface area contributed by atoms with Crippen molar-refractivity contribution in [3.8, 4) is 0 Å². The van der Waals surface area contributed by atoms with Crippen molar-refractivity contribution >= 4 is 28.3 Å². The fraction of sp³-hybridized carbons (Fsp3) is 0.455. The maximum atomic E-state index is 13.0. The summed E-state index contributed by atoms with van der Waals surface area (Å²) in [6.07, 6.45) is 2.10. The van der Waals surface area contributed by atoms with E-state index in [9.17, 15) is 9.59 Å². The van der Waals surface area contributed by atoms with Crippen LogP contribution >= 0.6 is 0 Å². The molecule has 5 heteroatoms. The van der Waals surface area contributed by atoms with Crippen LogP contribution in [0.5, 0.6) is 0 Å². The lowest BCUT2D eigenvalue weighted by atomic mass is 10.1. The smallest absolute Gasteiger partial charge is 0.241 e. The van der Waals surface area contributed by atoms with Gasteiger partial charge in [-0.05, 0) is 31.2 Å². The van der Waals surface area contributed by atoms with Crippen molar-refractivity contribution in [1.29, 1.82) is 0 Å². The first-order valence-corrected chi connectivity index (χ1v) is 9.96. The lowest BCUT2D eigenvalue weighted by molar-refractivity contribution is -0.134. The third-order valence-electron chi connectivity index (χ3n) is 5.64. The van der Waals surface area contributed by atoms with Crippen LogP contribution in [-0.4, -0.2) is 60.9 Å². The number of rotatable bonds is 5. The maximum absolute atomic E-state index is 13.0. The SMILES string of the molecule is CCN(C(=O)CN1CCN(C(=O)C2CC2)CC1)c1cccc2ccccc12. The maximum Gasteiger partial charge on any atom is 0.241 e. The third kappa shape index (κ3) is 3.83. The average molecular weight is 365 g/mol. The van der Waals surface area contributed by atoms with Gasteiger partial charge in [0.15, 0.2) is 0 Å². The molecular formula is C22H27N3O2. The van der Waals surface area contributed by atoms with Crippen molar-refractivity contribution in [2.45, 2.75) is 19.8 Å². The van der Waals surface area contributed by atoms with E-state index in [0.29, 0.717) is 19.0 Å². The molecule has 27 heavy (non-hydrogen) atoms. The Kier molecular flexibility index (Phi) is 5.12. The van der Waals surface area contributed by atoms with Crippen LogP contribution < -0.4 is 4.90 Å². The lowest BCUT2D eigenvalue weighted by Crippen LogP contribution is -2.52. The molecule has 1 aliphatic heterocycles. The molecule has 5 nitrogen and oxygen atoms in total. The molecule has 0 unspecified atom stereocenters. The Hall–Kier alpha value is -2.40. The number of hydrogen-bond acceptors (Lipinski definition) is 3. The largest absolute Gasteiger partial charge is 0.340 e. The van der Waals surface area contributed by atoms with E-state index in [0.717, 1.165) is 55.5 Å². The van der Waals surface area contributed by atoms with Gasteiger partial charge in [0.1, 0.15) is 0 Å². The normalized spacial score (nSPS) is 17.9. The predicted molar refractivity (Wildman–Crippen MR) is 108 cm³/mol. The standard InChI is InChI=1S/C22H27N3O2/c1-2-25(20-9-5-7-17-6-3-4-8-19(17)20)21(26)16-23-12-14-24(15-13-23)22(27)18-10-11-18/h3-9,18H,2,10-16H2,1H3. The van der Waals surface area contributed by atoms with E-state index >= 15 is 0 Å². The van der Waals surface area contributed by atoms with E-state index in [1.165, 1.54) is 0 Å². The minimum Gasteiger partial charge on any atom is -0.340 e. The Labute approximate surface area is 160 Å². The third-order valence-corrected chi connectivity index (χ3v) is 5.64. The number of piperazine rings is 1. The number of likely N-dealkylation sites (N-methyl/N-ethyl adjacent to an activating group) is 1. The molecule has 2 aliphatic rings. The zero-order valence-electron chi connectivity index (χ0n) is 15.9. The number of nitrogens with zero attached hydrogens (tertiary/aromatic N) is 3. The Balaban J connectivity index is 1.41. The van der Waals surface area contributed by atoms with Gasteiger partial charge in [-0.25, -0.2) is 0 Å². The number of fused-ring (bicyclic) bond motifs is 1. The highest BCUT2D eigenvalue weighted by Crippen LogP contribution is 2.31. The molecule has 0 aromatic heterocycles. The van der Waals surface area contributed by atoms with E-state index < -0.39 is 0 Å². The summed E-state index contributed by atoms with van der Waals surface area (Å²) in [5.74, 6) is 0.711. The lowest BCUT2D eigenvalue weighted by Gasteiger charge is -2.35. The van der Waals surface area contributed by atoms with Crippen molar-refractivity contribution < 1.29 is 9.59 Å². The van der Waals surface area contributed by atoms with Gasteiger partial charge in [-0.2, -0.15) is 0 Å². The zero-order chi connectivity index (χ0) is 18.8. The van der Waals surface area contributed by atoms with E-state index in [-0.39, 0.29) is 11.8 Å². The summed E-state index contributed by atoms with van der Waals surface area (Å²) < 4.78 is 0. The van der Waals surface area contributed by atoms with Crippen molar-refractivity contribution in [2.75, 3.05) is 44.2 Å². The molecule has 0 N–H and O–H groups in total. The predicted octanol–water partition coefficient (Wildman–Crippen LogP) is 2.75. The van der Waals surface area contributed by atoms with Crippen molar-refractivity contribution in [3.63, 3.8) is 0 Å². The molecule has 1 saturated carbocycles. The summed E-state index contributed by atoms with van der Waals surface area (Å²) in [7, 11) is 0. The summed E-state index contributed by atoms with van der Waals surface area (Å²) in [6, 6.07) is 14.3. The first kappa shape index (κ1) is 18.0. The number of benzene rings is 2. The molecule has 1 heterocycles. The van der Waals surface area contributed by atoms with Crippen molar-refractivity contribution in [3.05, 3.63) is 42.5 Å². The molecule has 0 radical (unpaired) electrons. The molecule has 0 bridgehead atoms. The van der Waals surface area contributed by atoms with Crippen molar-refractivity contribution in [1.82, 2.24) is 9.80 Å². The fourth-order valence-corrected chi connectivity index (χ4v) is 3.92. The number of hydrogen-bond donors (Lipinski definition) is 0. The van der Waals surface area contributed by atoms with Gasteiger partial charge in [0.05, 0.1) is 12.2 Å². The van der Waals surface area contributed by atoms with Crippen molar-refractivity contribution in [2.24, 2.45) is 5.92 Å². The zero-order valence-corrected chi connectivity index (χ0v) is 15.9. The highest BCUT2D eigenvalue weighted by Gasteiger charge is 2.34. The summed E-state index contributed by atoms with van der Waals surface area (Å²) in [5, 5.41) is 2.25. The highest BCUT2D eigenvalue weighted by molar-refractivity contribution is 6.04. The molecule has 4 rings (SSSR count). The molecule has 2 fully saturated rings. The topological polar surface area (TPSA) is 43.9 Å². The summed E-state index contributed by atoms with van der Waals surface area (Å²) in [5.41, 5.74) is 0.975. The van der Waals surface area contributed by atoms with Crippen LogP contribution in [-0.2, 0) is 9.59 Å². The molecule has 0 spiro atoms. The molecule has 0 atom stereocenters. The highest BCUT2D eigenvalue weighted by atomic mass is 16.2. The van der Waals surface area contributed by atoms with E-state index in [4.69, 9.17) is 0 Å². The number of carbonyl (C=O) groups is 2. The summed E-state index contributed by atoms with van der Waals surface area (Å²) in [4.78, 5) is 31.2. The number of amides is 2. The summed E-state index contributed by atoms with van der Waals surface area (Å²) >= 11 is 0. The molecule has 2 aromatic rings. The molecule has 1 saturated heterocycles. The van der Waals surface area contributed by atoms with Gasteiger partial charge in [-0.3, -0.25) is 14.5 Å². The number of anilines is 1. The van der Waals surface area contributed by atoms with Gasteiger partial charge in [-0.15, -0.1) is 0 Å². The van der Waals surface area contributed by atoms with E-state index in [1.54, 1.807) is 0 Å². The summed E-state index contributed by atoms with van der Waals surface area (Å²) in [6.45, 7) is 6.10. The van der Waals surface area contributed by atoms with Crippen LogP contribution in [0.2, 0.25) is 0 Å². The quantitative estimate of drug-likeness (QED) is 0.818. The van der Waals surface area contributed by atoms with E-state index in [1.807, 2.05) is 41.0 Å². The van der Waals surface area contributed by atoms with Gasteiger partial charge >= 0.3 is 0 Å². The van der Waals surface area contributed by atoms with Crippen LogP contribution in [0.25, 0.3) is 10.8 Å². The Bertz CT molecular complexity index is 833. The number of carbonyl (C=O) groups excluding carboxylic acids is 2. The molecule has 1 aliphatic carbocycles. The Morgan fingerprint density at radius 2 is 1.70 bits per heavy atom. The second-order valence-corrected chi connectivity index (χ2v) is 7.51.